The van der Waals surface area contributed by atoms with Gasteiger partial charge in [0.05, 0.1) is 7.11 Å². The van der Waals surface area contributed by atoms with Crippen LogP contribution in [-0.2, 0) is 4.79 Å². The third kappa shape index (κ3) is 4.11. The lowest BCUT2D eigenvalue weighted by Crippen LogP contribution is -2.41. The van der Waals surface area contributed by atoms with E-state index in [1.165, 1.54) is 14.0 Å². The minimum Gasteiger partial charge on any atom is -0.481 e. The quantitative estimate of drug-likeness (QED) is 0.555. The maximum atomic E-state index is 12.4. The van der Waals surface area contributed by atoms with E-state index < -0.39 is 17.9 Å². The van der Waals surface area contributed by atoms with Crippen LogP contribution in [0, 0.1) is 0 Å². The number of anilines is 1. The van der Waals surface area contributed by atoms with Crippen LogP contribution in [0.15, 0.2) is 23.6 Å². The van der Waals surface area contributed by atoms with Crippen molar-refractivity contribution in [2.24, 2.45) is 0 Å². The summed E-state index contributed by atoms with van der Waals surface area (Å²) >= 11 is 1.14. The second-order valence-corrected chi connectivity index (χ2v) is 6.61. The van der Waals surface area contributed by atoms with Crippen molar-refractivity contribution in [2.45, 2.75) is 19.9 Å². The van der Waals surface area contributed by atoms with Gasteiger partial charge in [0.15, 0.2) is 10.9 Å². The molecule has 0 aliphatic heterocycles. The summed E-state index contributed by atoms with van der Waals surface area (Å²) in [5, 5.41) is 7.79. The van der Waals surface area contributed by atoms with Crippen LogP contribution in [0.5, 0.6) is 5.88 Å². The summed E-state index contributed by atoms with van der Waals surface area (Å²) in [4.78, 5) is 47.0. The van der Waals surface area contributed by atoms with Crippen LogP contribution >= 0.6 is 11.3 Å². The fourth-order valence-electron chi connectivity index (χ4n) is 2.27. The molecule has 0 radical (unpaired) electrons. The van der Waals surface area contributed by atoms with Crippen LogP contribution in [-0.4, -0.2) is 45.7 Å². The van der Waals surface area contributed by atoms with Gasteiger partial charge in [-0.05, 0) is 19.1 Å². The number of pyridine rings is 1. The monoisotopic (exact) mass is 387 g/mol. The standard InChI is InChI=1S/C17H17N5O4S/c1-8(15(24)22-17-20-12(7-27-17)9(2)23)18-16(25)11-6-10-4-5-13(26-3)21-14(10)19-11/h4-8H,1-3H3,(H,18,25)(H,19,21)(H,20,22,24)/t8-/m1/s1. The number of H-pyrrole nitrogens is 1. The Hall–Kier alpha value is -3.27. The maximum Gasteiger partial charge on any atom is 0.268 e. The first-order valence-corrected chi connectivity index (χ1v) is 8.87. The average molecular weight is 387 g/mol. The Balaban J connectivity index is 1.65. The number of aromatic nitrogens is 3. The van der Waals surface area contributed by atoms with Crippen LogP contribution in [0.4, 0.5) is 5.13 Å². The average Bonchev–Trinajstić information content (AvgIpc) is 3.27. The van der Waals surface area contributed by atoms with Crippen molar-refractivity contribution in [3.8, 4) is 5.88 Å². The lowest BCUT2D eigenvalue weighted by molar-refractivity contribution is -0.117. The smallest absolute Gasteiger partial charge is 0.268 e. The molecule has 0 spiro atoms. The normalized spacial score (nSPS) is 11.8. The topological polar surface area (TPSA) is 126 Å². The van der Waals surface area contributed by atoms with E-state index in [1.54, 1.807) is 30.5 Å². The number of hydrogen-bond donors (Lipinski definition) is 3. The van der Waals surface area contributed by atoms with E-state index in [-0.39, 0.29) is 17.2 Å². The van der Waals surface area contributed by atoms with Gasteiger partial charge < -0.3 is 20.4 Å². The predicted molar refractivity (Wildman–Crippen MR) is 100 cm³/mol. The number of methoxy groups -OCH3 is 1. The first-order valence-electron chi connectivity index (χ1n) is 7.99. The molecule has 3 aromatic rings. The van der Waals surface area contributed by atoms with Crippen LogP contribution in [0.1, 0.15) is 34.8 Å². The van der Waals surface area contributed by atoms with Crippen molar-refractivity contribution < 1.29 is 19.1 Å². The van der Waals surface area contributed by atoms with E-state index in [1.807, 2.05) is 0 Å². The molecule has 3 aromatic heterocycles. The number of hydrogen-bond acceptors (Lipinski definition) is 7. The molecule has 0 fully saturated rings. The van der Waals surface area contributed by atoms with Gasteiger partial charge in [0.1, 0.15) is 23.1 Å². The second kappa shape index (κ2) is 7.54. The molecule has 0 aromatic carbocycles. The van der Waals surface area contributed by atoms with Crippen LogP contribution in [0.3, 0.4) is 0 Å². The lowest BCUT2D eigenvalue weighted by Gasteiger charge is -2.12. The molecule has 2 amide bonds. The second-order valence-electron chi connectivity index (χ2n) is 5.75. The molecule has 1 atom stereocenters. The number of fused-ring (bicyclic) bond motifs is 1. The van der Waals surface area contributed by atoms with Gasteiger partial charge in [-0.1, -0.05) is 0 Å². The molecule has 3 N–H and O–H groups in total. The molecule has 27 heavy (non-hydrogen) atoms. The Morgan fingerprint density at radius 3 is 2.70 bits per heavy atom. The number of thiazole rings is 1. The Morgan fingerprint density at radius 2 is 2.04 bits per heavy atom. The van der Waals surface area contributed by atoms with Crippen molar-refractivity contribution >= 4 is 45.1 Å². The van der Waals surface area contributed by atoms with E-state index in [4.69, 9.17) is 4.74 Å². The third-order valence-corrected chi connectivity index (χ3v) is 4.50. The molecule has 0 bridgehead atoms. The molecule has 9 nitrogen and oxygen atoms in total. The summed E-state index contributed by atoms with van der Waals surface area (Å²) in [5.41, 5.74) is 1.07. The van der Waals surface area contributed by atoms with Gasteiger partial charge in [-0.3, -0.25) is 14.4 Å². The summed E-state index contributed by atoms with van der Waals surface area (Å²) < 4.78 is 5.05. The van der Waals surface area contributed by atoms with Gasteiger partial charge in [0.2, 0.25) is 11.8 Å². The van der Waals surface area contributed by atoms with Gasteiger partial charge in [-0.15, -0.1) is 11.3 Å². The Labute approximate surface area is 158 Å². The van der Waals surface area contributed by atoms with Crippen LogP contribution in [0.25, 0.3) is 11.0 Å². The number of rotatable bonds is 6. The molecule has 0 saturated carbocycles. The molecule has 0 aliphatic carbocycles. The zero-order valence-corrected chi connectivity index (χ0v) is 15.6. The number of carbonyl (C=O) groups is 3. The van der Waals surface area contributed by atoms with Crippen molar-refractivity contribution in [1.82, 2.24) is 20.3 Å². The maximum absolute atomic E-state index is 12.4. The van der Waals surface area contributed by atoms with Gasteiger partial charge in [0, 0.05) is 23.8 Å². The summed E-state index contributed by atoms with van der Waals surface area (Å²) in [6, 6.07) is 4.30. The van der Waals surface area contributed by atoms with E-state index in [9.17, 15) is 14.4 Å². The summed E-state index contributed by atoms with van der Waals surface area (Å²) in [6.07, 6.45) is 0. The zero-order chi connectivity index (χ0) is 19.6. The van der Waals surface area contributed by atoms with Gasteiger partial charge in [-0.25, -0.2) is 4.98 Å². The van der Waals surface area contributed by atoms with Crippen molar-refractivity contribution in [3.05, 3.63) is 35.0 Å². The highest BCUT2D eigenvalue weighted by molar-refractivity contribution is 7.14. The Kier molecular flexibility index (Phi) is 5.17. The highest BCUT2D eigenvalue weighted by Gasteiger charge is 2.19. The molecular formula is C17H17N5O4S. The number of ketones is 1. The van der Waals surface area contributed by atoms with Gasteiger partial charge in [0.25, 0.3) is 5.91 Å². The molecule has 0 aliphatic rings. The largest absolute Gasteiger partial charge is 0.481 e. The van der Waals surface area contributed by atoms with Crippen LogP contribution in [0.2, 0.25) is 0 Å². The van der Waals surface area contributed by atoms with E-state index >= 15 is 0 Å². The number of nitrogens with one attached hydrogen (secondary N) is 3. The van der Waals surface area contributed by atoms with Crippen molar-refractivity contribution in [3.63, 3.8) is 0 Å². The fraction of sp³-hybridized carbons (Fsp3) is 0.235. The summed E-state index contributed by atoms with van der Waals surface area (Å²) in [7, 11) is 1.51. The molecule has 0 unspecified atom stereocenters. The van der Waals surface area contributed by atoms with Crippen molar-refractivity contribution in [1.29, 1.82) is 0 Å². The Bertz CT molecular complexity index is 1030. The number of amides is 2. The van der Waals surface area contributed by atoms with Crippen LogP contribution < -0.4 is 15.4 Å². The SMILES string of the molecule is COc1ccc2cc(C(=O)N[C@H](C)C(=O)Nc3nc(C(C)=O)cs3)[nH]c2n1. The highest BCUT2D eigenvalue weighted by atomic mass is 32.1. The fourth-order valence-corrected chi connectivity index (χ4v) is 3.02. The minimum atomic E-state index is -0.809. The zero-order valence-electron chi connectivity index (χ0n) is 14.8. The first kappa shape index (κ1) is 18.5. The highest BCUT2D eigenvalue weighted by Crippen LogP contribution is 2.18. The van der Waals surface area contributed by atoms with E-state index in [2.05, 4.69) is 25.6 Å². The number of aromatic amines is 1. The number of Topliss-reactive ketones (excluding diaryl/α,β-unsaturated/α-hetero) is 1. The molecule has 3 rings (SSSR count). The minimum absolute atomic E-state index is 0.183. The predicted octanol–water partition coefficient (Wildman–Crippen LogP) is 1.99. The molecule has 3 heterocycles. The number of ether oxygens (including phenoxy) is 1. The third-order valence-electron chi connectivity index (χ3n) is 3.74. The first-order chi connectivity index (χ1) is 12.9. The number of nitrogens with zero attached hydrogens (tertiary/aromatic N) is 2. The number of carbonyl (C=O) groups excluding carboxylic acids is 3. The molecular weight excluding hydrogens is 370 g/mol. The van der Waals surface area contributed by atoms with E-state index in [0.717, 1.165) is 16.7 Å². The molecule has 10 heteroatoms. The van der Waals surface area contributed by atoms with Gasteiger partial charge in [-0.2, -0.15) is 4.98 Å². The van der Waals surface area contributed by atoms with E-state index in [0.29, 0.717) is 16.7 Å². The Morgan fingerprint density at radius 1 is 1.26 bits per heavy atom. The molecule has 140 valence electrons. The summed E-state index contributed by atoms with van der Waals surface area (Å²) in [6.45, 7) is 2.95. The lowest BCUT2D eigenvalue weighted by atomic mass is 10.2. The van der Waals surface area contributed by atoms with Crippen molar-refractivity contribution in [2.75, 3.05) is 12.4 Å². The summed E-state index contributed by atoms with van der Waals surface area (Å²) in [5.74, 6) is -0.642. The van der Waals surface area contributed by atoms with Gasteiger partial charge >= 0.3 is 0 Å². The molecule has 0 saturated heterocycles.